The fourth-order valence-electron chi connectivity index (χ4n) is 0.545. The number of nitrogens with one attached hydrogen (secondary N) is 1. The number of hydrogen-bond donors (Lipinski definition) is 4. The molecule has 0 aromatic heterocycles. The van der Waals surface area contributed by atoms with Gasteiger partial charge in [-0.25, -0.2) is 0 Å². The molecule has 0 spiro atoms. The molecule has 0 aliphatic heterocycles. The third-order valence-corrected chi connectivity index (χ3v) is 1.64. The average molecular weight is 192 g/mol. The summed E-state index contributed by atoms with van der Waals surface area (Å²) in [5.74, 6) is -2.26. The van der Waals surface area contributed by atoms with E-state index in [4.69, 9.17) is 10.8 Å². The van der Waals surface area contributed by atoms with Gasteiger partial charge in [0.2, 0.25) is 12.3 Å². The lowest BCUT2D eigenvalue weighted by atomic mass is 10.2. The first-order valence-electron chi connectivity index (χ1n) is 2.90. The number of rotatable bonds is 5. The Labute approximate surface area is 73.5 Å². The van der Waals surface area contributed by atoms with Gasteiger partial charge in [0.15, 0.2) is 0 Å². The highest BCUT2D eigenvalue weighted by atomic mass is 32.1. The van der Waals surface area contributed by atoms with Crippen LogP contribution < -0.4 is 11.1 Å². The van der Waals surface area contributed by atoms with Crippen LogP contribution in [0.3, 0.4) is 0 Å². The molecule has 0 radical (unpaired) electrons. The lowest BCUT2D eigenvalue weighted by molar-refractivity contribution is -0.138. The first kappa shape index (κ1) is 10.8. The van der Waals surface area contributed by atoms with Crippen LogP contribution in [-0.2, 0) is 14.4 Å². The van der Waals surface area contributed by atoms with Crippen molar-refractivity contribution in [2.45, 2.75) is 11.3 Å². The molecule has 0 aliphatic carbocycles. The van der Waals surface area contributed by atoms with E-state index in [0.717, 1.165) is 0 Å². The summed E-state index contributed by atoms with van der Waals surface area (Å²) in [6, 6.07) is -1.29. The number of carbonyl (C=O) groups is 3. The van der Waals surface area contributed by atoms with Crippen molar-refractivity contribution in [2.24, 2.45) is 5.73 Å². The van der Waals surface area contributed by atoms with Gasteiger partial charge in [-0.2, -0.15) is 12.6 Å². The Morgan fingerprint density at radius 1 is 1.58 bits per heavy atom. The monoisotopic (exact) mass is 192 g/mol. The van der Waals surface area contributed by atoms with E-state index in [2.05, 4.69) is 12.6 Å². The molecule has 0 saturated carbocycles. The minimum absolute atomic E-state index is 0.196. The van der Waals surface area contributed by atoms with Crippen LogP contribution in [0.15, 0.2) is 0 Å². The number of hydrogen-bond acceptors (Lipinski definition) is 4. The molecule has 0 heterocycles. The maximum absolute atomic E-state index is 10.5. The van der Waals surface area contributed by atoms with Crippen LogP contribution in [0.5, 0.6) is 0 Å². The Bertz CT molecular complexity index is 208. The van der Waals surface area contributed by atoms with E-state index < -0.39 is 23.2 Å². The Morgan fingerprint density at radius 3 is 2.33 bits per heavy atom. The first-order chi connectivity index (χ1) is 5.50. The van der Waals surface area contributed by atoms with Crippen LogP contribution in [0.1, 0.15) is 0 Å². The van der Waals surface area contributed by atoms with Crippen LogP contribution in [-0.4, -0.2) is 34.7 Å². The molecule has 4 N–H and O–H groups in total. The van der Waals surface area contributed by atoms with Crippen molar-refractivity contribution in [2.75, 3.05) is 0 Å². The second-order valence-electron chi connectivity index (χ2n) is 1.95. The van der Waals surface area contributed by atoms with Crippen molar-refractivity contribution in [3.05, 3.63) is 0 Å². The smallest absolute Gasteiger partial charge is 0.319 e. The maximum atomic E-state index is 10.5. The number of carboxylic acid groups (broad SMARTS) is 1. The van der Waals surface area contributed by atoms with E-state index in [9.17, 15) is 14.4 Å². The van der Waals surface area contributed by atoms with Gasteiger partial charge < -0.3 is 16.2 Å². The number of amides is 2. The van der Waals surface area contributed by atoms with E-state index >= 15 is 0 Å². The average Bonchev–Trinajstić information content (AvgIpc) is 1.98. The molecular formula is C5H8N2O4S. The Kier molecular flexibility index (Phi) is 4.12. The van der Waals surface area contributed by atoms with E-state index in [1.54, 1.807) is 0 Å². The highest BCUT2D eigenvalue weighted by molar-refractivity contribution is 7.81. The maximum Gasteiger partial charge on any atom is 0.319 e. The largest absolute Gasteiger partial charge is 0.480 e. The van der Waals surface area contributed by atoms with E-state index in [1.165, 1.54) is 0 Å². The molecule has 1 unspecified atom stereocenters. The zero-order valence-corrected chi connectivity index (χ0v) is 6.82. The Morgan fingerprint density at radius 2 is 2.08 bits per heavy atom. The van der Waals surface area contributed by atoms with Gasteiger partial charge in [0, 0.05) is 0 Å². The summed E-state index contributed by atoms with van der Waals surface area (Å²) in [7, 11) is 0. The van der Waals surface area contributed by atoms with Crippen molar-refractivity contribution >= 4 is 30.9 Å². The fourth-order valence-corrected chi connectivity index (χ4v) is 0.778. The van der Waals surface area contributed by atoms with Gasteiger partial charge in [-0.1, -0.05) is 0 Å². The zero-order valence-electron chi connectivity index (χ0n) is 5.93. The summed E-state index contributed by atoms with van der Waals surface area (Å²) < 4.78 is 0. The standard InChI is InChI=1S/C5H8N2O4S/c6-4(9)2(7-1-8)3(12)5(10)11/h1-3,12H,(H2,6,9)(H,7,8)(H,10,11)/t2-,3?/m0/s1. The van der Waals surface area contributed by atoms with Crippen LogP contribution in [0.4, 0.5) is 0 Å². The van der Waals surface area contributed by atoms with Crippen LogP contribution in [0, 0.1) is 0 Å². The fraction of sp³-hybridized carbons (Fsp3) is 0.400. The molecule has 0 aromatic carbocycles. The number of nitrogens with two attached hydrogens (primary N) is 1. The molecular weight excluding hydrogens is 184 g/mol. The molecule has 2 atom stereocenters. The number of thiol groups is 1. The molecule has 0 rings (SSSR count). The van der Waals surface area contributed by atoms with E-state index in [0.29, 0.717) is 0 Å². The topological polar surface area (TPSA) is 109 Å². The second-order valence-corrected chi connectivity index (χ2v) is 2.50. The normalized spacial score (nSPS) is 14.4. The summed E-state index contributed by atoms with van der Waals surface area (Å²) in [6.07, 6.45) is 0.196. The highest BCUT2D eigenvalue weighted by Gasteiger charge is 2.28. The second kappa shape index (κ2) is 4.60. The predicted octanol–water partition coefficient (Wildman–Crippen LogP) is -2.03. The number of carboxylic acids is 1. The molecule has 6 nitrogen and oxygen atoms in total. The third-order valence-electron chi connectivity index (χ3n) is 1.12. The summed E-state index contributed by atoms with van der Waals surface area (Å²) in [5, 5.41) is 9.01. The quantitative estimate of drug-likeness (QED) is 0.297. The third kappa shape index (κ3) is 2.79. The van der Waals surface area contributed by atoms with Gasteiger partial charge in [-0.3, -0.25) is 14.4 Å². The minimum Gasteiger partial charge on any atom is -0.480 e. The molecule has 12 heavy (non-hydrogen) atoms. The number of carbonyl (C=O) groups excluding carboxylic acids is 2. The molecule has 2 amide bonds. The number of primary amides is 1. The number of aliphatic carboxylic acids is 1. The van der Waals surface area contributed by atoms with Crippen molar-refractivity contribution in [1.82, 2.24) is 5.32 Å². The van der Waals surface area contributed by atoms with E-state index in [-0.39, 0.29) is 6.41 Å². The van der Waals surface area contributed by atoms with Gasteiger partial charge in [-0.05, 0) is 0 Å². The van der Waals surface area contributed by atoms with Crippen LogP contribution in [0.25, 0.3) is 0 Å². The van der Waals surface area contributed by atoms with E-state index in [1.807, 2.05) is 5.32 Å². The summed E-state index contributed by atoms with van der Waals surface area (Å²) >= 11 is 3.57. The minimum atomic E-state index is -1.33. The summed E-state index contributed by atoms with van der Waals surface area (Å²) in [4.78, 5) is 30.7. The van der Waals surface area contributed by atoms with Crippen molar-refractivity contribution < 1.29 is 19.5 Å². The molecule has 7 heteroatoms. The molecule has 0 aliphatic rings. The molecule has 0 aromatic rings. The van der Waals surface area contributed by atoms with Gasteiger partial charge in [0.1, 0.15) is 11.3 Å². The summed E-state index contributed by atoms with van der Waals surface area (Å²) in [6.45, 7) is 0. The molecule has 68 valence electrons. The lowest BCUT2D eigenvalue weighted by Crippen LogP contribution is -2.49. The SMILES string of the molecule is NC(=O)[C@@H](NC=O)C(S)C(=O)O. The van der Waals surface area contributed by atoms with Crippen LogP contribution in [0.2, 0.25) is 0 Å². The van der Waals surface area contributed by atoms with Crippen molar-refractivity contribution in [3.8, 4) is 0 Å². The molecule has 0 bridgehead atoms. The predicted molar refractivity (Wildman–Crippen MR) is 42.6 cm³/mol. The molecule has 0 fully saturated rings. The Hall–Kier alpha value is -1.24. The zero-order chi connectivity index (χ0) is 9.72. The summed E-state index contributed by atoms with van der Waals surface area (Å²) in [5.41, 5.74) is 4.79. The van der Waals surface area contributed by atoms with Gasteiger partial charge in [0.25, 0.3) is 0 Å². The van der Waals surface area contributed by atoms with Crippen molar-refractivity contribution in [1.29, 1.82) is 0 Å². The van der Waals surface area contributed by atoms with Crippen LogP contribution >= 0.6 is 12.6 Å². The Balaban J connectivity index is 4.38. The van der Waals surface area contributed by atoms with Gasteiger partial charge in [-0.15, -0.1) is 0 Å². The van der Waals surface area contributed by atoms with Gasteiger partial charge >= 0.3 is 5.97 Å². The highest BCUT2D eigenvalue weighted by Crippen LogP contribution is 2.01. The lowest BCUT2D eigenvalue weighted by Gasteiger charge is -2.14. The molecule has 0 saturated heterocycles. The first-order valence-corrected chi connectivity index (χ1v) is 3.42. The van der Waals surface area contributed by atoms with Gasteiger partial charge in [0.05, 0.1) is 0 Å². The van der Waals surface area contributed by atoms with Crippen molar-refractivity contribution in [3.63, 3.8) is 0 Å².